The minimum Gasteiger partial charge on any atom is -0.456 e. The first-order valence-electron chi connectivity index (χ1n) is 17.8. The number of fused-ring (bicyclic) bond motifs is 10. The number of nitrogens with zero attached hydrogens (tertiary/aromatic N) is 1. The minimum absolute atomic E-state index is 0.496. The molecule has 3 heteroatoms. The molecule has 0 aliphatic heterocycles. The molecule has 0 unspecified atom stereocenters. The smallest absolute Gasteiger partial charge is 0.137 e. The van der Waals surface area contributed by atoms with Crippen LogP contribution in [0.3, 0.4) is 0 Å². The number of furan rings is 1. The maximum Gasteiger partial charge on any atom is 0.137 e. The second-order valence-electron chi connectivity index (χ2n) is 13.6. The molecule has 244 valence electrons. The number of hydrogen-bond acceptors (Lipinski definition) is 3. The van der Waals surface area contributed by atoms with Gasteiger partial charge in [0.05, 0.1) is 22.2 Å². The first kappa shape index (κ1) is 29.3. The van der Waals surface area contributed by atoms with Gasteiger partial charge in [0.1, 0.15) is 11.2 Å². The van der Waals surface area contributed by atoms with E-state index in [-0.39, 0.29) is 0 Å². The van der Waals surface area contributed by atoms with Gasteiger partial charge in [-0.25, -0.2) is 0 Å². The third-order valence-corrected chi connectivity index (χ3v) is 12.1. The zero-order chi connectivity index (χ0) is 34.2. The van der Waals surface area contributed by atoms with E-state index in [9.17, 15) is 0 Å². The highest BCUT2D eigenvalue weighted by atomic mass is 32.1. The molecule has 1 aliphatic carbocycles. The van der Waals surface area contributed by atoms with Gasteiger partial charge in [-0.15, -0.1) is 11.3 Å². The summed E-state index contributed by atoms with van der Waals surface area (Å²) in [5, 5.41) is 4.84. The molecule has 0 saturated heterocycles. The van der Waals surface area contributed by atoms with Crippen LogP contribution in [0.1, 0.15) is 22.3 Å². The molecule has 11 rings (SSSR count). The van der Waals surface area contributed by atoms with Gasteiger partial charge in [-0.3, -0.25) is 0 Å². The van der Waals surface area contributed by atoms with Gasteiger partial charge in [0.15, 0.2) is 0 Å². The van der Waals surface area contributed by atoms with Crippen LogP contribution in [-0.4, -0.2) is 0 Å². The van der Waals surface area contributed by atoms with Crippen LogP contribution >= 0.6 is 11.3 Å². The fraction of sp³-hybridized carbons (Fsp3) is 0.0204. The van der Waals surface area contributed by atoms with E-state index >= 15 is 0 Å². The van der Waals surface area contributed by atoms with E-state index in [2.05, 4.69) is 193 Å². The summed E-state index contributed by atoms with van der Waals surface area (Å²) >= 11 is 1.85. The molecule has 0 spiro atoms. The average molecular weight is 682 g/mol. The Bertz CT molecular complexity index is 2920. The van der Waals surface area contributed by atoms with Crippen molar-refractivity contribution in [2.45, 2.75) is 5.41 Å². The molecule has 8 aromatic carbocycles. The topological polar surface area (TPSA) is 16.4 Å². The predicted octanol–water partition coefficient (Wildman–Crippen LogP) is 13.8. The van der Waals surface area contributed by atoms with Gasteiger partial charge in [0, 0.05) is 36.8 Å². The molecule has 0 amide bonds. The lowest BCUT2D eigenvalue weighted by molar-refractivity contribution is 0.669. The molecule has 0 radical (unpaired) electrons. The summed E-state index contributed by atoms with van der Waals surface area (Å²) < 4.78 is 9.24. The van der Waals surface area contributed by atoms with Crippen molar-refractivity contribution in [3.63, 3.8) is 0 Å². The SMILES string of the molecule is c1ccc(N(c2cccc3c2-c2ccccc2C3(c2ccccc2)c2ccccc2)c2cccc3oc4ccc5c6ccccc6sc5c4c23)cc1. The van der Waals surface area contributed by atoms with Gasteiger partial charge in [0.25, 0.3) is 0 Å². The molecule has 0 bridgehead atoms. The van der Waals surface area contributed by atoms with Gasteiger partial charge in [0.2, 0.25) is 0 Å². The minimum atomic E-state index is -0.496. The third kappa shape index (κ3) is 4.00. The molecule has 2 nitrogen and oxygen atoms in total. The maximum absolute atomic E-state index is 6.70. The zero-order valence-corrected chi connectivity index (χ0v) is 29.0. The number of benzene rings is 8. The van der Waals surface area contributed by atoms with Gasteiger partial charge in [-0.1, -0.05) is 140 Å². The van der Waals surface area contributed by atoms with Crippen molar-refractivity contribution in [3.8, 4) is 11.1 Å². The van der Waals surface area contributed by atoms with Crippen molar-refractivity contribution < 1.29 is 4.42 Å². The Labute approximate surface area is 305 Å². The summed E-state index contributed by atoms with van der Waals surface area (Å²) in [5.41, 5.74) is 12.2. The largest absolute Gasteiger partial charge is 0.456 e. The normalized spacial score (nSPS) is 13.2. The van der Waals surface area contributed by atoms with Gasteiger partial charge in [-0.05, 0) is 76.3 Å². The van der Waals surface area contributed by atoms with E-state index in [4.69, 9.17) is 4.42 Å². The lowest BCUT2D eigenvalue weighted by Crippen LogP contribution is -2.28. The van der Waals surface area contributed by atoms with Crippen LogP contribution < -0.4 is 4.90 Å². The van der Waals surface area contributed by atoms with Crippen molar-refractivity contribution in [2.24, 2.45) is 0 Å². The third-order valence-electron chi connectivity index (χ3n) is 10.9. The Morgan fingerprint density at radius 1 is 0.442 bits per heavy atom. The molecule has 2 heterocycles. The molecule has 0 atom stereocenters. The standard InChI is InChI=1S/C49H31NOS/c1-4-16-32(17-5-1)49(33-18-6-2-7-19-33)38-24-12-10-23-37(38)45-39(49)25-14-26-40(45)50(34-20-8-3-9-21-34)41-27-15-28-42-46(41)47-43(51-42)31-30-36-35-22-11-13-29-44(35)52-48(36)47/h1-31H. The summed E-state index contributed by atoms with van der Waals surface area (Å²) in [4.78, 5) is 2.46. The van der Waals surface area contributed by atoms with Crippen LogP contribution in [0.4, 0.5) is 17.1 Å². The first-order valence-corrected chi connectivity index (χ1v) is 18.6. The Balaban J connectivity index is 1.27. The zero-order valence-electron chi connectivity index (χ0n) is 28.2. The Kier molecular flexibility index (Phi) is 6.37. The quantitative estimate of drug-likeness (QED) is 0.180. The molecule has 52 heavy (non-hydrogen) atoms. The molecule has 0 N–H and O–H groups in total. The van der Waals surface area contributed by atoms with E-state index in [1.54, 1.807) is 0 Å². The second kappa shape index (κ2) is 11.3. The monoisotopic (exact) mass is 681 g/mol. The number of thiophene rings is 1. The molecule has 10 aromatic rings. The van der Waals surface area contributed by atoms with Crippen LogP contribution in [-0.2, 0) is 5.41 Å². The molecule has 0 saturated carbocycles. The van der Waals surface area contributed by atoms with Gasteiger partial charge in [-0.2, -0.15) is 0 Å². The number of hydrogen-bond donors (Lipinski definition) is 0. The van der Waals surface area contributed by atoms with E-state index in [0.717, 1.165) is 33.6 Å². The molecular weight excluding hydrogens is 651 g/mol. The molecule has 1 aliphatic rings. The number of anilines is 3. The molecule has 0 fully saturated rings. The highest BCUT2D eigenvalue weighted by molar-refractivity contribution is 7.26. The maximum atomic E-state index is 6.70. The van der Waals surface area contributed by atoms with Crippen LogP contribution in [0.25, 0.3) is 53.2 Å². The lowest BCUT2D eigenvalue weighted by Gasteiger charge is -2.34. The van der Waals surface area contributed by atoms with E-state index in [1.807, 2.05) is 11.3 Å². The summed E-state index contributed by atoms with van der Waals surface area (Å²) in [5.74, 6) is 0. The number of rotatable bonds is 5. The highest BCUT2D eigenvalue weighted by Gasteiger charge is 2.47. The van der Waals surface area contributed by atoms with Crippen molar-refractivity contribution in [2.75, 3.05) is 4.90 Å². The highest BCUT2D eigenvalue weighted by Crippen LogP contribution is 2.60. The Hall–Kier alpha value is -6.42. The summed E-state index contributed by atoms with van der Waals surface area (Å²) in [7, 11) is 0. The summed E-state index contributed by atoms with van der Waals surface area (Å²) in [6, 6.07) is 68.3. The van der Waals surface area contributed by atoms with Crippen LogP contribution in [0.15, 0.2) is 192 Å². The van der Waals surface area contributed by atoms with Crippen LogP contribution in [0.2, 0.25) is 0 Å². The van der Waals surface area contributed by atoms with E-state index < -0.39 is 5.41 Å². The Morgan fingerprint density at radius 2 is 1.06 bits per heavy atom. The van der Waals surface area contributed by atoms with Gasteiger partial charge < -0.3 is 9.32 Å². The van der Waals surface area contributed by atoms with E-state index in [0.29, 0.717) is 0 Å². The fourth-order valence-electron chi connectivity index (χ4n) is 8.90. The predicted molar refractivity (Wildman–Crippen MR) is 219 cm³/mol. The van der Waals surface area contributed by atoms with Crippen molar-refractivity contribution >= 4 is 70.5 Å². The van der Waals surface area contributed by atoms with Crippen LogP contribution in [0.5, 0.6) is 0 Å². The van der Waals surface area contributed by atoms with E-state index in [1.165, 1.54) is 58.9 Å². The Morgan fingerprint density at radius 3 is 1.85 bits per heavy atom. The summed E-state index contributed by atoms with van der Waals surface area (Å²) in [6.45, 7) is 0. The lowest BCUT2D eigenvalue weighted by atomic mass is 9.68. The van der Waals surface area contributed by atoms with Crippen molar-refractivity contribution in [1.82, 2.24) is 0 Å². The van der Waals surface area contributed by atoms with Crippen molar-refractivity contribution in [3.05, 3.63) is 210 Å². The van der Waals surface area contributed by atoms with Crippen LogP contribution in [0, 0.1) is 0 Å². The number of para-hydroxylation sites is 1. The average Bonchev–Trinajstić information content (AvgIpc) is 3.88. The fourth-order valence-corrected chi connectivity index (χ4v) is 10.1. The van der Waals surface area contributed by atoms with Gasteiger partial charge >= 0.3 is 0 Å². The van der Waals surface area contributed by atoms with Crippen molar-refractivity contribution in [1.29, 1.82) is 0 Å². The molecule has 2 aromatic heterocycles. The second-order valence-corrected chi connectivity index (χ2v) is 14.6. The first-order chi connectivity index (χ1) is 25.8. The summed E-state index contributed by atoms with van der Waals surface area (Å²) in [6.07, 6.45) is 0. The molecular formula is C49H31NOS.